The van der Waals surface area contributed by atoms with Crippen LogP contribution >= 0.6 is 0 Å². The molecule has 0 bridgehead atoms. The Kier molecular flexibility index (Phi) is 4.35. The number of hydrogen-bond acceptors (Lipinski definition) is 4. The van der Waals surface area contributed by atoms with Crippen LogP contribution in [0.2, 0.25) is 0 Å². The van der Waals surface area contributed by atoms with Gasteiger partial charge in [0, 0.05) is 0 Å². The molecule has 0 fully saturated rings. The Morgan fingerprint density at radius 1 is 1.44 bits per heavy atom. The quantitative estimate of drug-likeness (QED) is 0.805. The van der Waals surface area contributed by atoms with Crippen molar-refractivity contribution in [1.82, 2.24) is 0 Å². The van der Waals surface area contributed by atoms with E-state index in [1.807, 2.05) is 27.7 Å². The maximum atomic E-state index is 11.7. The first-order valence-electron chi connectivity index (χ1n) is 5.96. The topological polar surface area (TPSA) is 72.5 Å². The average Bonchev–Trinajstić information content (AvgIpc) is 2.19. The SMILES string of the molecule is Cc1cc(O)ccc1C[C@H](N)C(=O)OC(C)(C)C. The van der Waals surface area contributed by atoms with Gasteiger partial charge in [-0.3, -0.25) is 4.79 Å². The van der Waals surface area contributed by atoms with Gasteiger partial charge >= 0.3 is 5.97 Å². The van der Waals surface area contributed by atoms with Crippen molar-refractivity contribution in [3.8, 4) is 5.75 Å². The number of nitrogens with two attached hydrogens (primary N) is 1. The number of hydrogen-bond donors (Lipinski definition) is 2. The van der Waals surface area contributed by atoms with E-state index in [0.29, 0.717) is 6.42 Å². The summed E-state index contributed by atoms with van der Waals surface area (Å²) < 4.78 is 5.22. The zero-order valence-electron chi connectivity index (χ0n) is 11.4. The number of aryl methyl sites for hydroxylation is 1. The summed E-state index contributed by atoms with van der Waals surface area (Å²) in [6, 6.07) is 4.32. The van der Waals surface area contributed by atoms with Gasteiger partial charge in [-0.05, 0) is 57.4 Å². The molecule has 4 nitrogen and oxygen atoms in total. The van der Waals surface area contributed by atoms with Crippen molar-refractivity contribution in [2.45, 2.75) is 45.8 Å². The Labute approximate surface area is 108 Å². The summed E-state index contributed by atoms with van der Waals surface area (Å²) in [7, 11) is 0. The van der Waals surface area contributed by atoms with Gasteiger partial charge in [0.15, 0.2) is 0 Å². The van der Waals surface area contributed by atoms with Crippen molar-refractivity contribution in [1.29, 1.82) is 0 Å². The van der Waals surface area contributed by atoms with Gasteiger partial charge < -0.3 is 15.6 Å². The van der Waals surface area contributed by atoms with Gasteiger partial charge in [0.1, 0.15) is 17.4 Å². The molecule has 1 atom stereocenters. The number of phenols is 1. The standard InChI is InChI=1S/C14H21NO3/c1-9-7-11(16)6-5-10(9)8-12(15)13(17)18-14(2,3)4/h5-7,12,16H,8,15H2,1-4H3/t12-/m0/s1. The van der Waals surface area contributed by atoms with E-state index >= 15 is 0 Å². The summed E-state index contributed by atoms with van der Waals surface area (Å²) in [6.45, 7) is 7.30. The summed E-state index contributed by atoms with van der Waals surface area (Å²) in [4.78, 5) is 11.7. The second kappa shape index (κ2) is 5.40. The fraction of sp³-hybridized carbons (Fsp3) is 0.500. The number of rotatable bonds is 3. The number of ether oxygens (including phenoxy) is 1. The van der Waals surface area contributed by atoms with E-state index in [-0.39, 0.29) is 5.75 Å². The molecule has 0 aliphatic rings. The van der Waals surface area contributed by atoms with E-state index in [0.717, 1.165) is 11.1 Å². The predicted octanol–water partition coefficient (Wildman–Crippen LogP) is 1.91. The summed E-state index contributed by atoms with van der Waals surface area (Å²) >= 11 is 0. The highest BCUT2D eigenvalue weighted by molar-refractivity contribution is 5.76. The minimum absolute atomic E-state index is 0.210. The normalized spacial score (nSPS) is 13.2. The Bertz CT molecular complexity index is 435. The van der Waals surface area contributed by atoms with Crippen LogP contribution in [0.4, 0.5) is 0 Å². The highest BCUT2D eigenvalue weighted by atomic mass is 16.6. The first kappa shape index (κ1) is 14.5. The van der Waals surface area contributed by atoms with Crippen LogP contribution in [0.5, 0.6) is 5.75 Å². The molecular weight excluding hydrogens is 230 g/mol. The van der Waals surface area contributed by atoms with Crippen molar-refractivity contribution in [2.24, 2.45) is 5.73 Å². The zero-order chi connectivity index (χ0) is 13.9. The van der Waals surface area contributed by atoms with Crippen LogP contribution in [0.3, 0.4) is 0 Å². The van der Waals surface area contributed by atoms with Gasteiger partial charge in [0.05, 0.1) is 0 Å². The predicted molar refractivity (Wildman–Crippen MR) is 70.4 cm³/mol. The molecule has 0 aromatic heterocycles. The lowest BCUT2D eigenvalue weighted by atomic mass is 10.0. The van der Waals surface area contributed by atoms with Crippen LogP contribution in [-0.4, -0.2) is 22.7 Å². The molecule has 1 aromatic carbocycles. The Morgan fingerprint density at radius 3 is 2.56 bits per heavy atom. The molecule has 100 valence electrons. The van der Waals surface area contributed by atoms with E-state index in [9.17, 15) is 9.90 Å². The van der Waals surface area contributed by atoms with E-state index in [1.165, 1.54) is 0 Å². The van der Waals surface area contributed by atoms with Gasteiger partial charge in [-0.25, -0.2) is 0 Å². The molecule has 18 heavy (non-hydrogen) atoms. The second-order valence-corrected chi connectivity index (χ2v) is 5.45. The van der Waals surface area contributed by atoms with Crippen molar-refractivity contribution in [3.63, 3.8) is 0 Å². The van der Waals surface area contributed by atoms with Gasteiger partial charge in [0.25, 0.3) is 0 Å². The van der Waals surface area contributed by atoms with E-state index in [1.54, 1.807) is 18.2 Å². The largest absolute Gasteiger partial charge is 0.508 e. The Balaban J connectivity index is 2.69. The van der Waals surface area contributed by atoms with Crippen molar-refractivity contribution in [2.75, 3.05) is 0 Å². The summed E-state index contributed by atoms with van der Waals surface area (Å²) in [6.07, 6.45) is 0.404. The third-order valence-electron chi connectivity index (χ3n) is 2.48. The van der Waals surface area contributed by atoms with Crippen LogP contribution in [0.15, 0.2) is 18.2 Å². The Morgan fingerprint density at radius 2 is 2.06 bits per heavy atom. The molecule has 0 saturated heterocycles. The van der Waals surface area contributed by atoms with E-state index in [2.05, 4.69) is 0 Å². The number of esters is 1. The molecule has 0 unspecified atom stereocenters. The van der Waals surface area contributed by atoms with E-state index < -0.39 is 17.6 Å². The highest BCUT2D eigenvalue weighted by Gasteiger charge is 2.22. The maximum absolute atomic E-state index is 11.7. The maximum Gasteiger partial charge on any atom is 0.323 e. The minimum Gasteiger partial charge on any atom is -0.508 e. The van der Waals surface area contributed by atoms with Crippen molar-refractivity contribution in [3.05, 3.63) is 29.3 Å². The van der Waals surface area contributed by atoms with Gasteiger partial charge in [-0.2, -0.15) is 0 Å². The fourth-order valence-electron chi connectivity index (χ4n) is 1.61. The zero-order valence-corrected chi connectivity index (χ0v) is 11.4. The van der Waals surface area contributed by atoms with E-state index in [4.69, 9.17) is 10.5 Å². The number of benzene rings is 1. The average molecular weight is 251 g/mol. The minimum atomic E-state index is -0.688. The lowest BCUT2D eigenvalue weighted by molar-refractivity contribution is -0.156. The smallest absolute Gasteiger partial charge is 0.323 e. The van der Waals surface area contributed by atoms with Crippen LogP contribution in [0, 0.1) is 6.92 Å². The van der Waals surface area contributed by atoms with Gasteiger partial charge in [-0.1, -0.05) is 6.07 Å². The van der Waals surface area contributed by atoms with Crippen LogP contribution < -0.4 is 5.73 Å². The molecule has 0 heterocycles. The number of carbonyl (C=O) groups is 1. The molecule has 1 aromatic rings. The number of phenolic OH excluding ortho intramolecular Hbond substituents is 1. The molecule has 0 aliphatic heterocycles. The molecule has 0 aliphatic carbocycles. The number of aromatic hydroxyl groups is 1. The van der Waals surface area contributed by atoms with Gasteiger partial charge in [-0.15, -0.1) is 0 Å². The van der Waals surface area contributed by atoms with Crippen molar-refractivity contribution < 1.29 is 14.6 Å². The van der Waals surface area contributed by atoms with Gasteiger partial charge in [0.2, 0.25) is 0 Å². The third kappa shape index (κ3) is 4.37. The molecular formula is C14H21NO3. The molecule has 0 amide bonds. The summed E-state index contributed by atoms with van der Waals surface area (Å²) in [5, 5.41) is 9.31. The fourth-order valence-corrected chi connectivity index (χ4v) is 1.61. The Hall–Kier alpha value is -1.55. The molecule has 0 saturated carbocycles. The molecule has 3 N–H and O–H groups in total. The molecule has 4 heteroatoms. The third-order valence-corrected chi connectivity index (χ3v) is 2.48. The first-order valence-corrected chi connectivity index (χ1v) is 5.96. The monoisotopic (exact) mass is 251 g/mol. The highest BCUT2D eigenvalue weighted by Crippen LogP contribution is 2.17. The summed E-state index contributed by atoms with van der Waals surface area (Å²) in [5.41, 5.74) is 7.14. The van der Waals surface area contributed by atoms with Crippen LogP contribution in [0.1, 0.15) is 31.9 Å². The first-order chi connectivity index (χ1) is 8.19. The summed E-state index contributed by atoms with van der Waals surface area (Å²) in [5.74, 6) is -0.197. The second-order valence-electron chi connectivity index (χ2n) is 5.45. The van der Waals surface area contributed by atoms with Crippen LogP contribution in [-0.2, 0) is 16.0 Å². The number of carbonyl (C=O) groups excluding carboxylic acids is 1. The molecule has 0 spiro atoms. The lowest BCUT2D eigenvalue weighted by Gasteiger charge is -2.22. The molecule has 0 radical (unpaired) electrons. The molecule has 1 rings (SSSR count). The van der Waals surface area contributed by atoms with Crippen LogP contribution in [0.25, 0.3) is 0 Å². The lowest BCUT2D eigenvalue weighted by Crippen LogP contribution is -2.38. The van der Waals surface area contributed by atoms with Crippen molar-refractivity contribution >= 4 is 5.97 Å².